The molecule has 0 unspecified atom stereocenters. The largest absolute Gasteiger partial charge is 0.496 e. The van der Waals surface area contributed by atoms with Gasteiger partial charge in [-0.15, -0.1) is 0 Å². The first-order valence-electron chi connectivity index (χ1n) is 11.0. The van der Waals surface area contributed by atoms with Crippen molar-refractivity contribution in [3.8, 4) is 17.2 Å². The summed E-state index contributed by atoms with van der Waals surface area (Å²) in [6.07, 6.45) is 1.76. The Bertz CT molecular complexity index is 1060. The van der Waals surface area contributed by atoms with E-state index in [1.807, 2.05) is 37.3 Å². The molecule has 0 spiro atoms. The molecule has 1 saturated heterocycles. The maximum atomic E-state index is 13.2. The van der Waals surface area contributed by atoms with Crippen LogP contribution in [0.5, 0.6) is 17.2 Å². The summed E-state index contributed by atoms with van der Waals surface area (Å²) in [7, 11) is 1.62. The van der Waals surface area contributed by atoms with Gasteiger partial charge in [0.15, 0.2) is 5.76 Å². The maximum Gasteiger partial charge on any atom is 0.232 e. The van der Waals surface area contributed by atoms with Crippen LogP contribution in [0, 0.1) is 6.92 Å². The number of para-hydroxylation sites is 1. The van der Waals surface area contributed by atoms with Crippen LogP contribution >= 0.6 is 0 Å². The smallest absolute Gasteiger partial charge is 0.232 e. The summed E-state index contributed by atoms with van der Waals surface area (Å²) >= 11 is 0. The number of morpholine rings is 1. The van der Waals surface area contributed by atoms with Gasteiger partial charge in [-0.2, -0.15) is 0 Å². The van der Waals surface area contributed by atoms with Gasteiger partial charge in [0.05, 0.1) is 31.5 Å². The van der Waals surface area contributed by atoms with E-state index in [0.29, 0.717) is 36.1 Å². The van der Waals surface area contributed by atoms with Crippen molar-refractivity contribution in [2.45, 2.75) is 13.5 Å². The van der Waals surface area contributed by atoms with Crippen molar-refractivity contribution < 1.29 is 23.7 Å². The molecule has 7 nitrogen and oxygen atoms in total. The number of fused-ring (bicyclic) bond motifs is 3. The molecule has 168 valence electrons. The fourth-order valence-corrected chi connectivity index (χ4v) is 4.45. The Morgan fingerprint density at radius 2 is 1.91 bits per heavy atom. The van der Waals surface area contributed by atoms with Crippen molar-refractivity contribution in [3.05, 3.63) is 58.3 Å². The Hall–Kier alpha value is -2.87. The summed E-state index contributed by atoms with van der Waals surface area (Å²) in [6, 6.07) is 9.54. The van der Waals surface area contributed by atoms with E-state index >= 15 is 0 Å². The molecule has 32 heavy (non-hydrogen) atoms. The molecule has 0 radical (unpaired) electrons. The van der Waals surface area contributed by atoms with Gasteiger partial charge in [-0.1, -0.05) is 18.2 Å². The van der Waals surface area contributed by atoms with Gasteiger partial charge < -0.3 is 18.9 Å². The number of benzene rings is 2. The minimum Gasteiger partial charge on any atom is -0.496 e. The lowest BCUT2D eigenvalue weighted by Gasteiger charge is -2.33. The number of carbonyl (C=O) groups is 1. The second-order valence-electron chi connectivity index (χ2n) is 8.34. The van der Waals surface area contributed by atoms with Crippen molar-refractivity contribution in [1.29, 1.82) is 0 Å². The highest BCUT2D eigenvalue weighted by Gasteiger charge is 2.35. The van der Waals surface area contributed by atoms with Crippen LogP contribution in [0.1, 0.15) is 27.0 Å². The molecule has 0 aromatic heterocycles. The minimum atomic E-state index is -0.100. The normalized spacial score (nSPS) is 19.9. The van der Waals surface area contributed by atoms with Crippen LogP contribution in [0.15, 0.2) is 36.1 Å². The van der Waals surface area contributed by atoms with Crippen molar-refractivity contribution in [2.75, 3.05) is 53.2 Å². The molecule has 0 aliphatic carbocycles. The van der Waals surface area contributed by atoms with Crippen molar-refractivity contribution >= 4 is 11.9 Å². The third-order valence-corrected chi connectivity index (χ3v) is 6.25. The van der Waals surface area contributed by atoms with Gasteiger partial charge in [0.25, 0.3) is 0 Å². The fraction of sp³-hybridized carbons (Fsp3) is 0.400. The Labute approximate surface area is 188 Å². The first-order valence-corrected chi connectivity index (χ1v) is 11.0. The van der Waals surface area contributed by atoms with E-state index in [4.69, 9.17) is 18.9 Å². The van der Waals surface area contributed by atoms with Crippen LogP contribution in [0.4, 0.5) is 0 Å². The fourth-order valence-electron chi connectivity index (χ4n) is 4.45. The zero-order valence-electron chi connectivity index (χ0n) is 18.6. The molecule has 7 heteroatoms. The minimum absolute atomic E-state index is 0.100. The number of aryl methyl sites for hydroxylation is 1. The Morgan fingerprint density at radius 3 is 2.72 bits per heavy atom. The molecule has 1 fully saturated rings. The van der Waals surface area contributed by atoms with E-state index in [0.717, 1.165) is 61.8 Å². The number of ether oxygens (including phenoxy) is 4. The standard InChI is InChI=1S/C25H28N2O5/c1-17-13-21-19(15-27(16-31-21)8-7-26-9-11-30-12-10-26)25-23(17)24(28)22(32-25)14-18-5-3-4-6-20(18)29-2/h3-6,13-14H,7-12,15-16H2,1-2H3/b22-14-. The molecule has 0 N–H and O–H groups in total. The highest BCUT2D eigenvalue weighted by atomic mass is 16.5. The number of rotatable bonds is 5. The summed E-state index contributed by atoms with van der Waals surface area (Å²) < 4.78 is 23.1. The molecule has 2 aromatic carbocycles. The summed E-state index contributed by atoms with van der Waals surface area (Å²) in [5.41, 5.74) is 3.24. The Balaban J connectivity index is 1.39. The molecule has 0 saturated carbocycles. The monoisotopic (exact) mass is 436 g/mol. The van der Waals surface area contributed by atoms with Gasteiger partial charge in [-0.3, -0.25) is 14.6 Å². The zero-order valence-corrected chi connectivity index (χ0v) is 18.6. The molecule has 5 rings (SSSR count). The molecule has 0 amide bonds. The summed E-state index contributed by atoms with van der Waals surface area (Å²) in [5.74, 6) is 2.34. The lowest BCUT2D eigenvalue weighted by atomic mass is 9.98. The van der Waals surface area contributed by atoms with Gasteiger partial charge in [-0.05, 0) is 30.7 Å². The summed E-state index contributed by atoms with van der Waals surface area (Å²) in [6.45, 7) is 8.54. The molecule has 3 aliphatic heterocycles. The Kier molecular flexibility index (Phi) is 5.87. The van der Waals surface area contributed by atoms with E-state index < -0.39 is 0 Å². The average molecular weight is 437 g/mol. The van der Waals surface area contributed by atoms with Gasteiger partial charge in [0.1, 0.15) is 24.0 Å². The van der Waals surface area contributed by atoms with Crippen LogP contribution in [0.3, 0.4) is 0 Å². The number of carbonyl (C=O) groups excluding carboxylic acids is 1. The van der Waals surface area contributed by atoms with Crippen molar-refractivity contribution in [2.24, 2.45) is 0 Å². The van der Waals surface area contributed by atoms with E-state index in [9.17, 15) is 4.79 Å². The SMILES string of the molecule is COc1ccccc1/C=C1\Oc2c3c(cc(C)c2C1=O)OCN(CCN1CCOCC1)C3. The van der Waals surface area contributed by atoms with Crippen LogP contribution in [-0.4, -0.2) is 68.8 Å². The molecule has 3 aliphatic rings. The molecule has 0 bridgehead atoms. The lowest BCUT2D eigenvalue weighted by Crippen LogP contribution is -2.43. The van der Waals surface area contributed by atoms with E-state index in [1.165, 1.54) is 0 Å². The van der Waals surface area contributed by atoms with E-state index in [2.05, 4.69) is 9.80 Å². The number of methoxy groups -OCH3 is 1. The van der Waals surface area contributed by atoms with Crippen LogP contribution in [0.25, 0.3) is 6.08 Å². The topological polar surface area (TPSA) is 60.5 Å². The number of nitrogens with zero attached hydrogens (tertiary/aromatic N) is 2. The molecule has 3 heterocycles. The van der Waals surface area contributed by atoms with Crippen LogP contribution in [-0.2, 0) is 11.3 Å². The summed E-state index contributed by atoms with van der Waals surface area (Å²) in [4.78, 5) is 17.9. The van der Waals surface area contributed by atoms with Crippen LogP contribution < -0.4 is 14.2 Å². The second kappa shape index (κ2) is 8.94. The van der Waals surface area contributed by atoms with Gasteiger partial charge in [-0.25, -0.2) is 0 Å². The third kappa shape index (κ3) is 3.99. The van der Waals surface area contributed by atoms with E-state index in [1.54, 1.807) is 13.2 Å². The number of hydrogen-bond acceptors (Lipinski definition) is 7. The highest BCUT2D eigenvalue weighted by molar-refractivity contribution is 6.16. The first-order chi connectivity index (χ1) is 15.6. The first kappa shape index (κ1) is 21.0. The molecular formula is C25H28N2O5. The quantitative estimate of drug-likeness (QED) is 0.668. The van der Waals surface area contributed by atoms with Gasteiger partial charge in [0.2, 0.25) is 5.78 Å². The average Bonchev–Trinajstić information content (AvgIpc) is 3.16. The number of ketones is 1. The van der Waals surface area contributed by atoms with E-state index in [-0.39, 0.29) is 5.78 Å². The number of hydrogen-bond donors (Lipinski definition) is 0. The number of Topliss-reactive ketones (excluding diaryl/α,β-unsaturated/α-hetero) is 1. The van der Waals surface area contributed by atoms with Gasteiger partial charge in [0, 0.05) is 38.3 Å². The number of allylic oxidation sites excluding steroid dienone is 1. The molecule has 0 atom stereocenters. The lowest BCUT2D eigenvalue weighted by molar-refractivity contribution is 0.0239. The predicted octanol–water partition coefficient (Wildman–Crippen LogP) is 3.10. The predicted molar refractivity (Wildman–Crippen MR) is 120 cm³/mol. The van der Waals surface area contributed by atoms with Crippen molar-refractivity contribution in [3.63, 3.8) is 0 Å². The maximum absolute atomic E-state index is 13.2. The highest BCUT2D eigenvalue weighted by Crippen LogP contribution is 2.44. The van der Waals surface area contributed by atoms with Crippen molar-refractivity contribution in [1.82, 2.24) is 9.80 Å². The van der Waals surface area contributed by atoms with Gasteiger partial charge >= 0.3 is 0 Å². The summed E-state index contributed by atoms with van der Waals surface area (Å²) in [5, 5.41) is 0. The molecular weight excluding hydrogens is 408 g/mol. The second-order valence-corrected chi connectivity index (χ2v) is 8.34. The van der Waals surface area contributed by atoms with Crippen LogP contribution in [0.2, 0.25) is 0 Å². The molecule has 2 aromatic rings. The third-order valence-electron chi connectivity index (χ3n) is 6.25. The zero-order chi connectivity index (χ0) is 22.1. The Morgan fingerprint density at radius 1 is 1.12 bits per heavy atom.